The van der Waals surface area contributed by atoms with E-state index >= 15 is 0 Å². The standard InChI is InChI=1S/C20H33N3O3S2/c1-2-3-15-28(25,26)23-13-10-16(11-14-23)20(24)21-12-6-9-19-22-17-7-4-5-8-18(17)27-19/h16H,2-15H2,1H3,(H,21,24). The van der Waals surface area contributed by atoms with Gasteiger partial charge < -0.3 is 5.32 Å². The smallest absolute Gasteiger partial charge is 0.223 e. The summed E-state index contributed by atoms with van der Waals surface area (Å²) < 4.78 is 26.1. The molecular weight excluding hydrogens is 394 g/mol. The first-order valence-corrected chi connectivity index (χ1v) is 13.1. The third-order valence-corrected chi connectivity index (χ3v) is 8.90. The second kappa shape index (κ2) is 10.2. The molecule has 3 rings (SSSR count). The zero-order chi connectivity index (χ0) is 20.0. The Hall–Kier alpha value is -0.990. The van der Waals surface area contributed by atoms with Gasteiger partial charge in [-0.3, -0.25) is 4.79 Å². The zero-order valence-corrected chi connectivity index (χ0v) is 18.5. The normalized spacial score (nSPS) is 18.8. The largest absolute Gasteiger partial charge is 0.356 e. The third kappa shape index (κ3) is 5.76. The Labute approximate surface area is 173 Å². The lowest BCUT2D eigenvalue weighted by molar-refractivity contribution is -0.126. The van der Waals surface area contributed by atoms with E-state index in [1.165, 1.54) is 34.8 Å². The highest BCUT2D eigenvalue weighted by molar-refractivity contribution is 7.89. The van der Waals surface area contributed by atoms with Crippen LogP contribution in [0, 0.1) is 5.92 Å². The van der Waals surface area contributed by atoms with Crippen LogP contribution in [0.15, 0.2) is 0 Å². The van der Waals surface area contributed by atoms with Crippen LogP contribution in [0.3, 0.4) is 0 Å². The number of carbonyl (C=O) groups is 1. The van der Waals surface area contributed by atoms with Crippen molar-refractivity contribution >= 4 is 27.3 Å². The van der Waals surface area contributed by atoms with Crippen molar-refractivity contribution in [2.45, 2.75) is 71.1 Å². The van der Waals surface area contributed by atoms with E-state index in [0.29, 0.717) is 38.9 Å². The Bertz CT molecular complexity index is 729. The molecule has 0 saturated carbocycles. The molecule has 0 radical (unpaired) electrons. The molecule has 0 spiro atoms. The second-order valence-corrected chi connectivity index (χ2v) is 11.2. The highest BCUT2D eigenvalue weighted by atomic mass is 32.2. The quantitative estimate of drug-likeness (QED) is 0.615. The van der Waals surface area contributed by atoms with E-state index in [4.69, 9.17) is 4.98 Å². The average molecular weight is 428 g/mol. The summed E-state index contributed by atoms with van der Waals surface area (Å²) in [6.07, 6.45) is 9.48. The van der Waals surface area contributed by atoms with Crippen LogP contribution in [0.4, 0.5) is 0 Å². The number of carbonyl (C=O) groups excluding carboxylic acids is 1. The van der Waals surface area contributed by atoms with Crippen molar-refractivity contribution in [1.82, 2.24) is 14.6 Å². The zero-order valence-electron chi connectivity index (χ0n) is 16.9. The summed E-state index contributed by atoms with van der Waals surface area (Å²) in [4.78, 5) is 18.6. The topological polar surface area (TPSA) is 79.4 Å². The van der Waals surface area contributed by atoms with Gasteiger partial charge >= 0.3 is 0 Å². The molecule has 0 aromatic carbocycles. The number of nitrogens with one attached hydrogen (secondary N) is 1. The number of aromatic nitrogens is 1. The molecule has 1 aromatic rings. The molecule has 1 aliphatic carbocycles. The maximum Gasteiger partial charge on any atom is 0.223 e. The molecule has 6 nitrogen and oxygen atoms in total. The van der Waals surface area contributed by atoms with Crippen molar-refractivity contribution in [3.8, 4) is 0 Å². The van der Waals surface area contributed by atoms with Gasteiger partial charge in [0.1, 0.15) is 0 Å². The highest BCUT2D eigenvalue weighted by Gasteiger charge is 2.30. The number of hydrogen-bond acceptors (Lipinski definition) is 5. The maximum absolute atomic E-state index is 12.4. The van der Waals surface area contributed by atoms with Gasteiger partial charge in [0, 0.05) is 36.9 Å². The molecule has 1 saturated heterocycles. The molecule has 1 N–H and O–H groups in total. The molecule has 2 aliphatic rings. The van der Waals surface area contributed by atoms with Gasteiger partial charge in [0.25, 0.3) is 0 Å². The van der Waals surface area contributed by atoms with Gasteiger partial charge in [0.05, 0.1) is 16.5 Å². The van der Waals surface area contributed by atoms with Gasteiger partial charge in [-0.2, -0.15) is 0 Å². The van der Waals surface area contributed by atoms with E-state index in [2.05, 4.69) is 5.32 Å². The van der Waals surface area contributed by atoms with Crippen LogP contribution in [-0.2, 0) is 34.1 Å². The van der Waals surface area contributed by atoms with E-state index in [0.717, 1.165) is 25.7 Å². The first-order valence-electron chi connectivity index (χ1n) is 10.7. The predicted molar refractivity (Wildman–Crippen MR) is 113 cm³/mol. The Morgan fingerprint density at radius 2 is 1.96 bits per heavy atom. The van der Waals surface area contributed by atoms with Crippen molar-refractivity contribution in [3.05, 3.63) is 15.6 Å². The van der Waals surface area contributed by atoms with Crippen molar-refractivity contribution in [1.29, 1.82) is 0 Å². The fourth-order valence-corrected chi connectivity index (χ4v) is 6.84. The number of unbranched alkanes of at least 4 members (excludes halogenated alkanes) is 1. The molecule has 1 amide bonds. The molecule has 1 aromatic heterocycles. The first kappa shape index (κ1) is 21.7. The van der Waals surface area contributed by atoms with E-state index in [9.17, 15) is 13.2 Å². The lowest BCUT2D eigenvalue weighted by Crippen LogP contribution is -2.43. The predicted octanol–water partition coefficient (Wildman–Crippen LogP) is 2.91. The van der Waals surface area contributed by atoms with Crippen LogP contribution in [0.5, 0.6) is 0 Å². The van der Waals surface area contributed by atoms with E-state index in [1.807, 2.05) is 18.3 Å². The Balaban J connectivity index is 1.35. The second-order valence-electron chi connectivity index (χ2n) is 7.92. The molecule has 1 fully saturated rings. The molecule has 0 unspecified atom stereocenters. The Morgan fingerprint density at radius 3 is 2.68 bits per heavy atom. The molecule has 28 heavy (non-hydrogen) atoms. The minimum Gasteiger partial charge on any atom is -0.356 e. The minimum absolute atomic E-state index is 0.0650. The van der Waals surface area contributed by atoms with Crippen LogP contribution in [0.25, 0.3) is 0 Å². The molecular formula is C20H33N3O3S2. The summed E-state index contributed by atoms with van der Waals surface area (Å²) in [6, 6.07) is 0. The van der Waals surface area contributed by atoms with Gasteiger partial charge in [0.15, 0.2) is 0 Å². The Morgan fingerprint density at radius 1 is 1.21 bits per heavy atom. The van der Waals surface area contributed by atoms with Crippen LogP contribution in [-0.4, -0.2) is 49.0 Å². The maximum atomic E-state index is 12.4. The number of fused-ring (bicyclic) bond motifs is 1. The van der Waals surface area contributed by atoms with Crippen molar-refractivity contribution in [2.75, 3.05) is 25.4 Å². The molecule has 2 heterocycles. The monoisotopic (exact) mass is 427 g/mol. The molecule has 158 valence electrons. The molecule has 0 atom stereocenters. The van der Waals surface area contributed by atoms with Crippen LogP contribution in [0.1, 0.15) is 67.4 Å². The fraction of sp³-hybridized carbons (Fsp3) is 0.800. The fourth-order valence-electron chi connectivity index (χ4n) is 3.96. The number of aryl methyl sites for hydroxylation is 3. The molecule has 0 bridgehead atoms. The van der Waals surface area contributed by atoms with E-state index in [1.54, 1.807) is 4.31 Å². The Kier molecular flexibility index (Phi) is 7.88. The van der Waals surface area contributed by atoms with Gasteiger partial charge in [-0.1, -0.05) is 13.3 Å². The van der Waals surface area contributed by atoms with Gasteiger partial charge in [-0.05, 0) is 51.4 Å². The molecule has 8 heteroatoms. The van der Waals surface area contributed by atoms with Gasteiger partial charge in [-0.25, -0.2) is 17.7 Å². The van der Waals surface area contributed by atoms with E-state index < -0.39 is 10.0 Å². The van der Waals surface area contributed by atoms with E-state index in [-0.39, 0.29) is 17.6 Å². The first-order chi connectivity index (χ1) is 13.5. The summed E-state index contributed by atoms with van der Waals surface area (Å²) in [7, 11) is -3.15. The summed E-state index contributed by atoms with van der Waals surface area (Å²) in [6.45, 7) is 3.59. The highest BCUT2D eigenvalue weighted by Crippen LogP contribution is 2.27. The number of amides is 1. The van der Waals surface area contributed by atoms with Crippen LogP contribution in [0.2, 0.25) is 0 Å². The third-order valence-electron chi connectivity index (χ3n) is 5.73. The lowest BCUT2D eigenvalue weighted by atomic mass is 9.97. The minimum atomic E-state index is -3.15. The summed E-state index contributed by atoms with van der Waals surface area (Å²) in [5, 5.41) is 4.24. The van der Waals surface area contributed by atoms with Gasteiger partial charge in [-0.15, -0.1) is 11.3 Å². The van der Waals surface area contributed by atoms with Crippen molar-refractivity contribution in [3.63, 3.8) is 0 Å². The number of thiazole rings is 1. The summed E-state index contributed by atoms with van der Waals surface area (Å²) in [5.41, 5.74) is 1.30. The SMILES string of the molecule is CCCCS(=O)(=O)N1CCC(C(=O)NCCCc2nc3c(s2)CCCC3)CC1. The number of nitrogens with zero attached hydrogens (tertiary/aromatic N) is 2. The number of sulfonamides is 1. The average Bonchev–Trinajstić information content (AvgIpc) is 3.12. The van der Waals surface area contributed by atoms with Crippen LogP contribution < -0.4 is 5.32 Å². The summed E-state index contributed by atoms with van der Waals surface area (Å²) >= 11 is 1.84. The molecule has 1 aliphatic heterocycles. The van der Waals surface area contributed by atoms with Crippen molar-refractivity contribution in [2.24, 2.45) is 5.92 Å². The van der Waals surface area contributed by atoms with Crippen LogP contribution >= 0.6 is 11.3 Å². The van der Waals surface area contributed by atoms with Gasteiger partial charge in [0.2, 0.25) is 15.9 Å². The number of hydrogen-bond donors (Lipinski definition) is 1. The number of piperidine rings is 1. The number of rotatable bonds is 9. The lowest BCUT2D eigenvalue weighted by Gasteiger charge is -2.30. The summed E-state index contributed by atoms with van der Waals surface area (Å²) in [5.74, 6) is 0.231. The van der Waals surface area contributed by atoms with Crippen molar-refractivity contribution < 1.29 is 13.2 Å².